The second kappa shape index (κ2) is 9.85. The first-order valence-electron chi connectivity index (χ1n) is 13.9. The molecule has 2 aromatic carbocycles. The van der Waals surface area contributed by atoms with Crippen LogP contribution in [0.2, 0.25) is 0 Å². The van der Waals surface area contributed by atoms with E-state index in [1.54, 1.807) is 55.3 Å². The molecule has 0 bridgehead atoms. The van der Waals surface area contributed by atoms with E-state index in [0.717, 1.165) is 44.9 Å². The molecule has 0 N–H and O–H groups in total. The third-order valence-electron chi connectivity index (χ3n) is 8.67. The lowest BCUT2D eigenvalue weighted by molar-refractivity contribution is 0.497. The monoisotopic (exact) mass is 447 g/mol. The molecule has 0 amide bonds. The number of fused-ring (bicyclic) bond motifs is 3. The Labute approximate surface area is 204 Å². The molecule has 0 fully saturated rings. The van der Waals surface area contributed by atoms with Crippen LogP contribution in [0.15, 0.2) is 0 Å². The summed E-state index contributed by atoms with van der Waals surface area (Å²) in [5, 5.41) is 3.17. The second-order valence-corrected chi connectivity index (χ2v) is 10.4. The zero-order valence-electron chi connectivity index (χ0n) is 23.6. The number of aromatic nitrogens is 1. The maximum absolute atomic E-state index is 2.61. The molecular weight excluding hydrogens is 398 g/mol. The van der Waals surface area contributed by atoms with Crippen molar-refractivity contribution in [1.82, 2.24) is 4.57 Å². The van der Waals surface area contributed by atoms with Gasteiger partial charge in [0.05, 0.1) is 11.0 Å². The van der Waals surface area contributed by atoms with Gasteiger partial charge in [-0.2, -0.15) is 0 Å². The van der Waals surface area contributed by atoms with Gasteiger partial charge in [-0.25, -0.2) is 0 Å². The van der Waals surface area contributed by atoms with Crippen molar-refractivity contribution in [2.45, 2.75) is 126 Å². The third kappa shape index (κ3) is 3.65. The molecule has 33 heavy (non-hydrogen) atoms. The van der Waals surface area contributed by atoms with E-state index in [2.05, 4.69) is 80.9 Å². The van der Waals surface area contributed by atoms with E-state index < -0.39 is 0 Å². The van der Waals surface area contributed by atoms with Crippen LogP contribution in [0.5, 0.6) is 0 Å². The van der Waals surface area contributed by atoms with Gasteiger partial charge in [0, 0.05) is 17.8 Å². The van der Waals surface area contributed by atoms with E-state index in [9.17, 15) is 0 Å². The molecule has 0 unspecified atom stereocenters. The number of aryl methyl sites for hydroxylation is 5. The van der Waals surface area contributed by atoms with Crippen LogP contribution in [0.25, 0.3) is 21.8 Å². The van der Waals surface area contributed by atoms with E-state index in [1.807, 2.05) is 0 Å². The van der Waals surface area contributed by atoms with Gasteiger partial charge in [-0.1, -0.05) is 69.2 Å². The average Bonchev–Trinajstić information content (AvgIpc) is 3.13. The van der Waals surface area contributed by atoms with Gasteiger partial charge in [0.25, 0.3) is 0 Å². The Balaban J connectivity index is 2.85. The number of nitrogens with zero attached hydrogens (tertiary/aromatic N) is 1. The standard InChI is InChI=1S/C32H49N/c1-12-20-21(13-2)24(16-5)30-27(22(20)14-3)28-26(18-7)29(32(9,10)19-8)23(15-4)25(17-6)31(28)33(30)11/h12-19H2,1-11H3. The Kier molecular flexibility index (Phi) is 7.72. The number of hydrogen-bond acceptors (Lipinski definition) is 0. The molecule has 0 saturated carbocycles. The van der Waals surface area contributed by atoms with E-state index in [-0.39, 0.29) is 5.41 Å². The third-order valence-corrected chi connectivity index (χ3v) is 8.67. The van der Waals surface area contributed by atoms with Crippen LogP contribution in [0.3, 0.4) is 0 Å². The number of benzene rings is 2. The number of hydrogen-bond donors (Lipinski definition) is 0. The highest BCUT2D eigenvalue weighted by atomic mass is 14.9. The maximum atomic E-state index is 2.61. The molecule has 1 aromatic heterocycles. The van der Waals surface area contributed by atoms with Crippen LogP contribution in [0.4, 0.5) is 0 Å². The fraction of sp³-hybridized carbons (Fsp3) is 0.625. The van der Waals surface area contributed by atoms with E-state index in [0.29, 0.717) is 0 Å². The normalized spacial score (nSPS) is 12.5. The maximum Gasteiger partial charge on any atom is 0.0527 e. The van der Waals surface area contributed by atoms with Crippen molar-refractivity contribution in [3.05, 3.63) is 44.5 Å². The van der Waals surface area contributed by atoms with Crippen molar-refractivity contribution >= 4 is 21.8 Å². The van der Waals surface area contributed by atoms with Crippen LogP contribution in [0.1, 0.15) is 120 Å². The van der Waals surface area contributed by atoms with Gasteiger partial charge in [0.2, 0.25) is 0 Å². The first-order valence-corrected chi connectivity index (χ1v) is 13.9. The second-order valence-electron chi connectivity index (χ2n) is 10.4. The van der Waals surface area contributed by atoms with Crippen LogP contribution in [-0.4, -0.2) is 4.57 Å². The molecule has 1 nitrogen and oxygen atoms in total. The van der Waals surface area contributed by atoms with Gasteiger partial charge in [-0.05, 0) is 101 Å². The zero-order valence-corrected chi connectivity index (χ0v) is 23.6. The molecule has 0 aliphatic carbocycles. The SMILES string of the molecule is CCc1c(CC)c(CC)c2c(c1CC)c1c(CC)c(C(C)(C)CC)c(CC)c(CC)c1n2C. The van der Waals surface area contributed by atoms with Crippen molar-refractivity contribution in [3.63, 3.8) is 0 Å². The van der Waals surface area contributed by atoms with Crippen molar-refractivity contribution in [3.8, 4) is 0 Å². The molecule has 0 aliphatic rings. The van der Waals surface area contributed by atoms with Crippen LogP contribution in [0, 0.1) is 0 Å². The van der Waals surface area contributed by atoms with Gasteiger partial charge < -0.3 is 4.57 Å². The Hall–Kier alpha value is -1.76. The van der Waals surface area contributed by atoms with E-state index >= 15 is 0 Å². The van der Waals surface area contributed by atoms with Crippen LogP contribution >= 0.6 is 0 Å². The Bertz CT molecular complexity index is 1170. The lowest BCUT2D eigenvalue weighted by atomic mass is 9.73. The first kappa shape index (κ1) is 25.9. The van der Waals surface area contributed by atoms with Gasteiger partial charge >= 0.3 is 0 Å². The molecule has 1 heteroatoms. The Morgan fingerprint density at radius 1 is 0.485 bits per heavy atom. The lowest BCUT2D eigenvalue weighted by Gasteiger charge is -2.32. The highest BCUT2D eigenvalue weighted by molar-refractivity contribution is 6.15. The predicted molar refractivity (Wildman–Crippen MR) is 149 cm³/mol. The summed E-state index contributed by atoms with van der Waals surface area (Å²) in [6.07, 6.45) is 8.99. The molecule has 1 heterocycles. The van der Waals surface area contributed by atoms with Crippen molar-refractivity contribution in [1.29, 1.82) is 0 Å². The summed E-state index contributed by atoms with van der Waals surface area (Å²) in [6.45, 7) is 23.9. The summed E-state index contributed by atoms with van der Waals surface area (Å²) in [7, 11) is 2.36. The zero-order chi connectivity index (χ0) is 24.7. The molecule has 3 aromatic rings. The topological polar surface area (TPSA) is 4.93 Å². The van der Waals surface area contributed by atoms with Crippen molar-refractivity contribution in [2.24, 2.45) is 7.05 Å². The summed E-state index contributed by atoms with van der Waals surface area (Å²) < 4.78 is 2.61. The van der Waals surface area contributed by atoms with Crippen molar-refractivity contribution in [2.75, 3.05) is 0 Å². The van der Waals surface area contributed by atoms with Gasteiger partial charge in [0.15, 0.2) is 0 Å². The largest absolute Gasteiger partial charge is 0.343 e. The molecule has 0 radical (unpaired) electrons. The Morgan fingerprint density at radius 3 is 1.24 bits per heavy atom. The van der Waals surface area contributed by atoms with Gasteiger partial charge in [0.1, 0.15) is 0 Å². The summed E-state index contributed by atoms with van der Waals surface area (Å²) >= 11 is 0. The van der Waals surface area contributed by atoms with Crippen LogP contribution < -0.4 is 0 Å². The molecule has 182 valence electrons. The number of rotatable bonds is 9. The quantitative estimate of drug-likeness (QED) is 0.308. The minimum absolute atomic E-state index is 0.188. The molecule has 3 rings (SSSR count). The molecular formula is C32H49N. The van der Waals surface area contributed by atoms with Crippen LogP contribution in [-0.2, 0) is 57.4 Å². The van der Waals surface area contributed by atoms with E-state index in [1.165, 1.54) is 17.5 Å². The highest BCUT2D eigenvalue weighted by Crippen LogP contribution is 2.46. The fourth-order valence-electron chi connectivity index (χ4n) is 6.98. The van der Waals surface area contributed by atoms with Gasteiger partial charge in [-0.15, -0.1) is 0 Å². The molecule has 0 aliphatic heterocycles. The summed E-state index contributed by atoms with van der Waals surface area (Å²) in [5.74, 6) is 0. The fourth-order valence-corrected chi connectivity index (χ4v) is 6.98. The highest BCUT2D eigenvalue weighted by Gasteiger charge is 2.31. The summed E-state index contributed by atoms with van der Waals surface area (Å²) in [5.41, 5.74) is 16.2. The van der Waals surface area contributed by atoms with E-state index in [4.69, 9.17) is 0 Å². The lowest BCUT2D eigenvalue weighted by Crippen LogP contribution is -2.22. The summed E-state index contributed by atoms with van der Waals surface area (Å²) in [4.78, 5) is 0. The minimum atomic E-state index is 0.188. The van der Waals surface area contributed by atoms with Crippen molar-refractivity contribution < 1.29 is 0 Å². The average molecular weight is 448 g/mol. The molecule has 0 atom stereocenters. The summed E-state index contributed by atoms with van der Waals surface area (Å²) in [6, 6.07) is 0. The Morgan fingerprint density at radius 2 is 0.848 bits per heavy atom. The molecule has 0 saturated heterocycles. The predicted octanol–water partition coefficient (Wildman–Crippen LogP) is 8.96. The first-order chi connectivity index (χ1) is 15.7. The molecule has 0 spiro atoms. The minimum Gasteiger partial charge on any atom is -0.343 e. The van der Waals surface area contributed by atoms with Gasteiger partial charge in [-0.3, -0.25) is 0 Å². The smallest absolute Gasteiger partial charge is 0.0527 e.